The van der Waals surface area contributed by atoms with Gasteiger partial charge in [0, 0.05) is 0 Å². The second kappa shape index (κ2) is 7.82. The molecule has 156 valence electrons. The molecule has 3 heteroatoms. The van der Waals surface area contributed by atoms with Crippen LogP contribution in [0.3, 0.4) is 0 Å². The first-order valence-corrected chi connectivity index (χ1v) is 11.8. The van der Waals surface area contributed by atoms with E-state index in [9.17, 15) is 0 Å². The van der Waals surface area contributed by atoms with Gasteiger partial charge >= 0.3 is 198 Å². The van der Waals surface area contributed by atoms with Crippen molar-refractivity contribution in [3.8, 4) is 5.69 Å². The molecule has 1 aliphatic rings. The summed E-state index contributed by atoms with van der Waals surface area (Å²) >= 11 is 2.16. The first-order chi connectivity index (χ1) is 15.7. The SMILES string of the molecule is [2H]C([2H])(C1=CCN(c2cc3c(c[c]2[Ir+2])c2ccccc2n3-c2ccccc2)C=C1)C(C)(C)C. The average molecular weight is 586 g/mol. The first-order valence-electron chi connectivity index (χ1n) is 11.6. The number of para-hydroxylation sites is 2. The standard InChI is InChI=1S/C28H27N2.Ir/c1-28(2,3)20-21-15-17-29(18-16-21)23-13-14-25-24-11-7-8-12-26(24)30(27(25)19-23)22-9-5-4-6-10-22;/h4-12,14-17,19H,18,20H2,1-3H3;/q;+2/i20D2;. The predicted octanol–water partition coefficient (Wildman–Crippen LogP) is 6.65. The van der Waals surface area contributed by atoms with E-state index in [0.29, 0.717) is 6.54 Å². The zero-order valence-corrected chi connectivity index (χ0v) is 20.4. The number of hydrogen-bond acceptors (Lipinski definition) is 1. The molecule has 0 radical (unpaired) electrons. The summed E-state index contributed by atoms with van der Waals surface area (Å²) in [4.78, 5) is 2.21. The summed E-state index contributed by atoms with van der Waals surface area (Å²) in [7, 11) is 0. The zero-order valence-electron chi connectivity index (χ0n) is 20.0. The Kier molecular flexibility index (Phi) is 4.54. The third kappa shape index (κ3) is 3.89. The average Bonchev–Trinajstić information content (AvgIpc) is 3.12. The van der Waals surface area contributed by atoms with E-state index in [1.807, 2.05) is 45.2 Å². The minimum atomic E-state index is -1.38. The van der Waals surface area contributed by atoms with Crippen molar-refractivity contribution in [2.45, 2.75) is 27.1 Å². The fraction of sp³-hybridized carbons (Fsp3) is 0.214. The van der Waals surface area contributed by atoms with E-state index in [-0.39, 0.29) is 0 Å². The summed E-state index contributed by atoms with van der Waals surface area (Å²) in [6, 6.07) is 23.6. The van der Waals surface area contributed by atoms with Gasteiger partial charge in [-0.3, -0.25) is 0 Å². The maximum absolute atomic E-state index is 8.60. The van der Waals surface area contributed by atoms with Crippen LogP contribution in [0.2, 0.25) is 0 Å². The number of fused-ring (bicyclic) bond motifs is 3. The van der Waals surface area contributed by atoms with E-state index in [4.69, 9.17) is 2.74 Å². The van der Waals surface area contributed by atoms with E-state index in [2.05, 4.69) is 89.0 Å². The molecule has 1 aromatic heterocycles. The molecule has 2 nitrogen and oxygen atoms in total. The van der Waals surface area contributed by atoms with Crippen molar-refractivity contribution in [2.24, 2.45) is 5.41 Å². The first kappa shape index (κ1) is 18.0. The molecule has 0 aliphatic carbocycles. The fourth-order valence-electron chi connectivity index (χ4n) is 4.24. The van der Waals surface area contributed by atoms with Gasteiger partial charge in [-0.1, -0.05) is 0 Å². The van der Waals surface area contributed by atoms with Gasteiger partial charge in [-0.25, -0.2) is 0 Å². The molecule has 0 fully saturated rings. The summed E-state index contributed by atoms with van der Waals surface area (Å²) in [5, 5.41) is 2.50. The summed E-state index contributed by atoms with van der Waals surface area (Å²) in [5.41, 5.74) is 4.96. The number of rotatable bonds is 3. The molecule has 0 N–H and O–H groups in total. The van der Waals surface area contributed by atoms with Gasteiger partial charge in [-0.05, 0) is 0 Å². The van der Waals surface area contributed by atoms with Crippen molar-refractivity contribution in [3.05, 3.63) is 90.7 Å². The van der Waals surface area contributed by atoms with Gasteiger partial charge in [0.25, 0.3) is 0 Å². The Hall–Kier alpha value is -2.61. The van der Waals surface area contributed by atoms with E-state index in [1.165, 1.54) is 25.9 Å². The number of nitrogens with zero attached hydrogens (tertiary/aromatic N) is 2. The molecule has 0 saturated carbocycles. The molecular formula is C28H27IrN2+2. The number of anilines is 1. The van der Waals surface area contributed by atoms with Crippen LogP contribution in [0.15, 0.2) is 90.7 Å². The molecule has 0 spiro atoms. The van der Waals surface area contributed by atoms with Crippen LogP contribution >= 0.6 is 0 Å². The van der Waals surface area contributed by atoms with Gasteiger partial charge < -0.3 is 0 Å². The van der Waals surface area contributed by atoms with E-state index < -0.39 is 11.8 Å². The summed E-state index contributed by atoms with van der Waals surface area (Å²) in [5.74, 6) is 0. The van der Waals surface area contributed by atoms with Crippen molar-refractivity contribution in [1.82, 2.24) is 4.57 Å². The van der Waals surface area contributed by atoms with Gasteiger partial charge in [0.2, 0.25) is 0 Å². The van der Waals surface area contributed by atoms with E-state index >= 15 is 0 Å². The monoisotopic (exact) mass is 586 g/mol. The summed E-state index contributed by atoms with van der Waals surface area (Å²) < 4.78 is 20.7. The second-order valence-corrected chi connectivity index (χ2v) is 10.3. The van der Waals surface area contributed by atoms with Crippen molar-refractivity contribution < 1.29 is 21.6 Å². The number of benzene rings is 3. The molecule has 1 aliphatic heterocycles. The fourth-order valence-corrected chi connectivity index (χ4v) is 5.10. The van der Waals surface area contributed by atoms with Crippen LogP contribution in [0, 0.1) is 5.41 Å². The second-order valence-electron chi connectivity index (χ2n) is 8.99. The molecule has 31 heavy (non-hydrogen) atoms. The Balaban J connectivity index is 1.63. The minimum absolute atomic E-state index is 0.462. The van der Waals surface area contributed by atoms with Crippen LogP contribution in [0.5, 0.6) is 0 Å². The Labute approximate surface area is 197 Å². The molecular weight excluding hydrogens is 557 g/mol. The van der Waals surface area contributed by atoms with E-state index in [1.54, 1.807) is 0 Å². The molecule has 0 atom stereocenters. The number of allylic oxidation sites excluding steroid dienone is 2. The molecule has 0 saturated heterocycles. The molecule has 2 heterocycles. The molecule has 3 aromatic carbocycles. The van der Waals surface area contributed by atoms with Crippen molar-refractivity contribution >= 4 is 31.6 Å². The number of hydrogen-bond donors (Lipinski definition) is 0. The van der Waals surface area contributed by atoms with Gasteiger partial charge in [0.05, 0.1) is 0 Å². The van der Waals surface area contributed by atoms with Crippen LogP contribution < -0.4 is 8.98 Å². The summed E-state index contributed by atoms with van der Waals surface area (Å²) in [6.07, 6.45) is 4.61. The van der Waals surface area contributed by atoms with Crippen LogP contribution in [0.25, 0.3) is 27.5 Å². The zero-order chi connectivity index (χ0) is 23.4. The van der Waals surface area contributed by atoms with Crippen LogP contribution in [0.4, 0.5) is 5.69 Å². The topological polar surface area (TPSA) is 8.17 Å². The Morgan fingerprint density at radius 1 is 0.935 bits per heavy atom. The van der Waals surface area contributed by atoms with Crippen LogP contribution in [-0.4, -0.2) is 11.1 Å². The Morgan fingerprint density at radius 3 is 2.39 bits per heavy atom. The van der Waals surface area contributed by atoms with Gasteiger partial charge in [0.1, 0.15) is 0 Å². The molecule has 0 amide bonds. The Morgan fingerprint density at radius 2 is 1.68 bits per heavy atom. The number of aromatic nitrogens is 1. The van der Waals surface area contributed by atoms with Crippen molar-refractivity contribution in [2.75, 3.05) is 11.4 Å². The van der Waals surface area contributed by atoms with Crippen LogP contribution in [-0.2, 0) is 18.9 Å². The van der Waals surface area contributed by atoms with Crippen LogP contribution in [0.1, 0.15) is 29.9 Å². The summed E-state index contributed by atoms with van der Waals surface area (Å²) in [6.45, 7) is 6.51. The third-order valence-electron chi connectivity index (χ3n) is 5.51. The quantitative estimate of drug-likeness (QED) is 0.261. The van der Waals surface area contributed by atoms with Gasteiger partial charge in [-0.2, -0.15) is 0 Å². The molecule has 0 bridgehead atoms. The molecule has 5 rings (SSSR count). The van der Waals surface area contributed by atoms with Crippen molar-refractivity contribution in [1.29, 1.82) is 0 Å². The molecule has 0 unspecified atom stereocenters. The third-order valence-corrected chi connectivity index (χ3v) is 6.47. The molecule has 4 aromatic rings. The normalized spacial score (nSPS) is 15.9. The van der Waals surface area contributed by atoms with Crippen molar-refractivity contribution in [3.63, 3.8) is 0 Å². The van der Waals surface area contributed by atoms with Gasteiger partial charge in [-0.15, -0.1) is 0 Å². The predicted molar refractivity (Wildman–Crippen MR) is 129 cm³/mol. The maximum atomic E-state index is 8.60. The van der Waals surface area contributed by atoms with E-state index in [0.717, 1.165) is 16.9 Å². The Bertz CT molecular complexity index is 1410. The van der Waals surface area contributed by atoms with Gasteiger partial charge in [0.15, 0.2) is 0 Å².